The maximum absolute atomic E-state index is 11.9. The van der Waals surface area contributed by atoms with Crippen molar-refractivity contribution in [2.75, 3.05) is 6.54 Å². The van der Waals surface area contributed by atoms with Gasteiger partial charge in [0.15, 0.2) is 0 Å². The fraction of sp³-hybridized carbons (Fsp3) is 0.538. The third-order valence-corrected chi connectivity index (χ3v) is 2.90. The van der Waals surface area contributed by atoms with Crippen LogP contribution in [-0.2, 0) is 6.42 Å². The number of nitrogens with one attached hydrogen (secondary N) is 1. The Morgan fingerprint density at radius 3 is 2.83 bits per heavy atom. The molecule has 5 heteroatoms. The molecular formula is C13H19ClN2O2. The lowest BCUT2D eigenvalue weighted by atomic mass is 10.1. The van der Waals surface area contributed by atoms with Gasteiger partial charge in [0.05, 0.1) is 6.10 Å². The number of aliphatic hydroxyl groups excluding tert-OH is 1. The van der Waals surface area contributed by atoms with E-state index in [1.165, 1.54) is 0 Å². The summed E-state index contributed by atoms with van der Waals surface area (Å²) in [6.07, 6.45) is 1.62. The van der Waals surface area contributed by atoms with Gasteiger partial charge in [-0.05, 0) is 31.4 Å². The van der Waals surface area contributed by atoms with Crippen LogP contribution in [0, 0.1) is 0 Å². The number of hydrogen-bond donors (Lipinski definition) is 2. The molecule has 1 heterocycles. The van der Waals surface area contributed by atoms with Gasteiger partial charge >= 0.3 is 0 Å². The average Bonchev–Trinajstić information content (AvgIpc) is 2.37. The van der Waals surface area contributed by atoms with Gasteiger partial charge in [-0.2, -0.15) is 0 Å². The van der Waals surface area contributed by atoms with E-state index < -0.39 is 0 Å². The number of aromatic nitrogens is 1. The Hall–Kier alpha value is -1.13. The van der Waals surface area contributed by atoms with Gasteiger partial charge in [-0.3, -0.25) is 4.79 Å². The lowest BCUT2D eigenvalue weighted by Gasteiger charge is -2.09. The highest BCUT2D eigenvalue weighted by Crippen LogP contribution is 2.11. The highest BCUT2D eigenvalue weighted by Gasteiger charge is 2.09. The number of carbonyl (C=O) groups excluding carboxylic acids is 1. The first kappa shape index (κ1) is 14.9. The molecule has 0 bridgehead atoms. The molecule has 0 aromatic carbocycles. The summed E-state index contributed by atoms with van der Waals surface area (Å²) in [4.78, 5) is 16.0. The zero-order chi connectivity index (χ0) is 13.5. The van der Waals surface area contributed by atoms with Crippen molar-refractivity contribution in [2.45, 2.75) is 39.2 Å². The van der Waals surface area contributed by atoms with E-state index in [0.717, 1.165) is 12.1 Å². The number of nitrogens with zero attached hydrogens (tertiary/aromatic N) is 1. The number of hydrogen-bond acceptors (Lipinski definition) is 3. The molecule has 0 aliphatic rings. The zero-order valence-electron chi connectivity index (χ0n) is 10.7. The summed E-state index contributed by atoms with van der Waals surface area (Å²) in [5, 5.41) is 12.5. The number of amides is 1. The molecule has 1 atom stereocenters. The van der Waals surface area contributed by atoms with E-state index in [1.807, 2.05) is 13.8 Å². The predicted octanol–water partition coefficient (Wildman–Crippen LogP) is 2.19. The number of rotatable bonds is 6. The van der Waals surface area contributed by atoms with Crippen LogP contribution in [0.15, 0.2) is 12.1 Å². The fourth-order valence-corrected chi connectivity index (χ4v) is 1.75. The number of carbonyl (C=O) groups is 1. The van der Waals surface area contributed by atoms with Gasteiger partial charge in [-0.1, -0.05) is 25.4 Å². The maximum atomic E-state index is 11.9. The monoisotopic (exact) mass is 270 g/mol. The second-order valence-corrected chi connectivity index (χ2v) is 4.52. The van der Waals surface area contributed by atoms with E-state index >= 15 is 0 Å². The SMILES string of the molecule is CCc1cc(C(=O)NCCC(O)CC)cc(Cl)n1. The molecular weight excluding hydrogens is 252 g/mol. The van der Waals surface area contributed by atoms with Crippen LogP contribution >= 0.6 is 11.6 Å². The molecule has 1 amide bonds. The van der Waals surface area contributed by atoms with Crippen LogP contribution in [0.1, 0.15) is 42.7 Å². The number of halogens is 1. The van der Waals surface area contributed by atoms with Gasteiger partial charge in [-0.25, -0.2) is 4.98 Å². The Kier molecular flexibility index (Phi) is 6.09. The predicted molar refractivity (Wildman–Crippen MR) is 71.9 cm³/mol. The van der Waals surface area contributed by atoms with Crippen LogP contribution in [0.4, 0.5) is 0 Å². The molecule has 0 saturated heterocycles. The average molecular weight is 271 g/mol. The van der Waals surface area contributed by atoms with Crippen LogP contribution in [0.25, 0.3) is 0 Å². The molecule has 1 rings (SSSR count). The van der Waals surface area contributed by atoms with E-state index in [4.69, 9.17) is 11.6 Å². The Morgan fingerprint density at radius 1 is 1.50 bits per heavy atom. The highest BCUT2D eigenvalue weighted by atomic mass is 35.5. The van der Waals surface area contributed by atoms with Crippen molar-refractivity contribution in [3.05, 3.63) is 28.5 Å². The maximum Gasteiger partial charge on any atom is 0.251 e. The summed E-state index contributed by atoms with van der Waals surface area (Å²) in [6, 6.07) is 3.28. The zero-order valence-corrected chi connectivity index (χ0v) is 11.5. The normalized spacial score (nSPS) is 12.2. The summed E-state index contributed by atoms with van der Waals surface area (Å²) in [6.45, 7) is 4.32. The molecule has 1 unspecified atom stereocenters. The Balaban J connectivity index is 2.58. The van der Waals surface area contributed by atoms with Crippen LogP contribution in [0.3, 0.4) is 0 Å². The minimum Gasteiger partial charge on any atom is -0.393 e. The lowest BCUT2D eigenvalue weighted by molar-refractivity contribution is 0.0941. The van der Waals surface area contributed by atoms with Crippen molar-refractivity contribution < 1.29 is 9.90 Å². The fourth-order valence-electron chi connectivity index (χ4n) is 1.52. The third-order valence-electron chi connectivity index (χ3n) is 2.71. The number of aliphatic hydroxyl groups is 1. The first-order chi connectivity index (χ1) is 8.56. The molecule has 0 fully saturated rings. The number of aryl methyl sites for hydroxylation is 1. The van der Waals surface area contributed by atoms with E-state index in [-0.39, 0.29) is 12.0 Å². The molecule has 2 N–H and O–H groups in total. The van der Waals surface area contributed by atoms with E-state index in [0.29, 0.717) is 30.1 Å². The van der Waals surface area contributed by atoms with Crippen molar-refractivity contribution in [3.8, 4) is 0 Å². The molecule has 0 aliphatic carbocycles. The van der Waals surface area contributed by atoms with Gasteiger partial charge in [0.25, 0.3) is 5.91 Å². The summed E-state index contributed by atoms with van der Waals surface area (Å²) in [7, 11) is 0. The van der Waals surface area contributed by atoms with Crippen molar-refractivity contribution in [3.63, 3.8) is 0 Å². The quantitative estimate of drug-likeness (QED) is 0.779. The van der Waals surface area contributed by atoms with Crippen LogP contribution in [0.5, 0.6) is 0 Å². The summed E-state index contributed by atoms with van der Waals surface area (Å²) in [5.74, 6) is -0.183. The second-order valence-electron chi connectivity index (χ2n) is 4.13. The van der Waals surface area contributed by atoms with Gasteiger partial charge in [0.2, 0.25) is 0 Å². The molecule has 0 radical (unpaired) electrons. The van der Waals surface area contributed by atoms with Crippen LogP contribution in [-0.4, -0.2) is 28.6 Å². The molecule has 18 heavy (non-hydrogen) atoms. The Labute approximate surface area is 112 Å². The summed E-state index contributed by atoms with van der Waals surface area (Å²) in [5.41, 5.74) is 1.30. The van der Waals surface area contributed by atoms with Crippen molar-refractivity contribution in [1.29, 1.82) is 0 Å². The topological polar surface area (TPSA) is 62.2 Å². The largest absolute Gasteiger partial charge is 0.393 e. The van der Waals surface area contributed by atoms with E-state index in [1.54, 1.807) is 12.1 Å². The van der Waals surface area contributed by atoms with Gasteiger partial charge in [-0.15, -0.1) is 0 Å². The van der Waals surface area contributed by atoms with Crippen LogP contribution in [0.2, 0.25) is 5.15 Å². The minimum atomic E-state index is -0.363. The molecule has 0 saturated carbocycles. The molecule has 1 aromatic rings. The first-order valence-corrected chi connectivity index (χ1v) is 6.57. The third kappa shape index (κ3) is 4.63. The van der Waals surface area contributed by atoms with Crippen LogP contribution < -0.4 is 5.32 Å². The summed E-state index contributed by atoms with van der Waals surface area (Å²) >= 11 is 5.85. The highest BCUT2D eigenvalue weighted by molar-refractivity contribution is 6.29. The first-order valence-electron chi connectivity index (χ1n) is 6.19. The smallest absolute Gasteiger partial charge is 0.251 e. The number of pyridine rings is 1. The minimum absolute atomic E-state index is 0.183. The molecule has 4 nitrogen and oxygen atoms in total. The Morgan fingerprint density at radius 2 is 2.22 bits per heavy atom. The second kappa shape index (κ2) is 7.34. The molecule has 1 aromatic heterocycles. The van der Waals surface area contributed by atoms with Crippen molar-refractivity contribution in [1.82, 2.24) is 10.3 Å². The molecule has 0 aliphatic heterocycles. The van der Waals surface area contributed by atoms with Crippen molar-refractivity contribution >= 4 is 17.5 Å². The lowest BCUT2D eigenvalue weighted by Crippen LogP contribution is -2.27. The van der Waals surface area contributed by atoms with Gasteiger partial charge in [0.1, 0.15) is 5.15 Å². The molecule has 0 spiro atoms. The standard InChI is InChI=1S/C13H19ClN2O2/c1-3-10-7-9(8-12(14)16-10)13(18)15-6-5-11(17)4-2/h7-8,11,17H,3-6H2,1-2H3,(H,15,18). The van der Waals surface area contributed by atoms with E-state index in [9.17, 15) is 9.90 Å². The van der Waals surface area contributed by atoms with Crippen molar-refractivity contribution in [2.24, 2.45) is 0 Å². The molecule has 100 valence electrons. The van der Waals surface area contributed by atoms with E-state index in [2.05, 4.69) is 10.3 Å². The van der Waals surface area contributed by atoms with Gasteiger partial charge in [0, 0.05) is 17.8 Å². The summed E-state index contributed by atoms with van der Waals surface area (Å²) < 4.78 is 0. The Bertz CT molecular complexity index is 410. The van der Waals surface area contributed by atoms with Gasteiger partial charge < -0.3 is 10.4 Å².